The number of thiazole rings is 1. The van der Waals surface area contributed by atoms with Crippen LogP contribution in [-0.2, 0) is 6.42 Å². The van der Waals surface area contributed by atoms with Crippen LogP contribution in [0.4, 0.5) is 9.93 Å². The fourth-order valence-corrected chi connectivity index (χ4v) is 4.07. The van der Waals surface area contributed by atoms with Gasteiger partial charge in [0.2, 0.25) is 0 Å². The fourth-order valence-electron chi connectivity index (χ4n) is 3.04. The van der Waals surface area contributed by atoms with Gasteiger partial charge in [-0.15, -0.1) is 5.92 Å². The number of hydrogen-bond acceptors (Lipinski definition) is 5. The van der Waals surface area contributed by atoms with Crippen molar-refractivity contribution in [2.45, 2.75) is 25.4 Å². The molecule has 3 heterocycles. The minimum absolute atomic E-state index is 0.157. The van der Waals surface area contributed by atoms with Gasteiger partial charge in [0, 0.05) is 12.0 Å². The number of aliphatic hydroxyl groups excluding tert-OH is 1. The number of carbonyl (C=O) groups is 1. The molecule has 118 valence electrons. The van der Waals surface area contributed by atoms with Crippen LogP contribution in [0.15, 0.2) is 12.1 Å². The Balaban J connectivity index is 1.81. The zero-order valence-electron chi connectivity index (χ0n) is 12.5. The van der Waals surface area contributed by atoms with Crippen molar-refractivity contribution in [1.82, 2.24) is 10.3 Å². The minimum Gasteiger partial charge on any atom is -0.493 e. The van der Waals surface area contributed by atoms with Gasteiger partial charge >= 0.3 is 6.03 Å². The Morgan fingerprint density at radius 3 is 3.22 bits per heavy atom. The number of nitrogens with one attached hydrogen (secondary N) is 1. The molecular formula is C16H15N3O3S. The molecule has 2 aliphatic heterocycles. The number of anilines is 1. The van der Waals surface area contributed by atoms with E-state index in [1.807, 2.05) is 12.1 Å². The lowest BCUT2D eigenvalue weighted by molar-refractivity contribution is 0.238. The van der Waals surface area contributed by atoms with Crippen molar-refractivity contribution in [3.05, 3.63) is 17.7 Å². The van der Waals surface area contributed by atoms with Gasteiger partial charge in [-0.1, -0.05) is 17.3 Å². The Morgan fingerprint density at radius 2 is 2.43 bits per heavy atom. The largest absolute Gasteiger partial charge is 0.493 e. The number of aromatic nitrogens is 1. The molecule has 2 aliphatic rings. The number of amides is 2. The quantitative estimate of drug-likeness (QED) is 0.819. The van der Waals surface area contributed by atoms with Crippen molar-refractivity contribution in [3.63, 3.8) is 0 Å². The van der Waals surface area contributed by atoms with Crippen LogP contribution in [0, 0.1) is 11.8 Å². The van der Waals surface area contributed by atoms with Crippen molar-refractivity contribution in [1.29, 1.82) is 0 Å². The van der Waals surface area contributed by atoms with E-state index in [1.165, 1.54) is 11.3 Å². The standard InChI is InChI=1S/C16H15N3O3S/c1-2-3-11-10(8-20)17-15(21)19(11)16-18-14-9-6-7-22-12(9)4-5-13(14)23-16/h4-5,10-11,20H,6-8H2,1H3,(H,17,21). The normalized spacial score (nSPS) is 22.5. The molecule has 1 saturated heterocycles. The van der Waals surface area contributed by atoms with Crippen LogP contribution in [0.2, 0.25) is 0 Å². The molecule has 2 aromatic rings. The highest BCUT2D eigenvalue weighted by Gasteiger charge is 2.40. The molecule has 4 rings (SSSR count). The molecule has 0 aliphatic carbocycles. The van der Waals surface area contributed by atoms with Crippen LogP contribution in [0.1, 0.15) is 12.5 Å². The van der Waals surface area contributed by atoms with Crippen LogP contribution >= 0.6 is 11.3 Å². The van der Waals surface area contributed by atoms with E-state index >= 15 is 0 Å². The van der Waals surface area contributed by atoms with Crippen molar-refractivity contribution < 1.29 is 14.6 Å². The summed E-state index contributed by atoms with van der Waals surface area (Å²) < 4.78 is 6.59. The van der Waals surface area contributed by atoms with Gasteiger partial charge in [0.1, 0.15) is 11.8 Å². The summed E-state index contributed by atoms with van der Waals surface area (Å²) in [6.07, 6.45) is 0.833. The zero-order chi connectivity index (χ0) is 16.0. The first kappa shape index (κ1) is 14.3. The van der Waals surface area contributed by atoms with E-state index in [9.17, 15) is 9.90 Å². The van der Waals surface area contributed by atoms with Gasteiger partial charge in [-0.05, 0) is 19.1 Å². The molecule has 2 unspecified atom stereocenters. The second kappa shape index (κ2) is 5.41. The third-order valence-corrected chi connectivity index (χ3v) is 5.12. The first-order valence-corrected chi connectivity index (χ1v) is 8.22. The molecule has 1 aromatic carbocycles. The highest BCUT2D eigenvalue weighted by molar-refractivity contribution is 7.22. The fraction of sp³-hybridized carbons (Fsp3) is 0.375. The molecule has 0 bridgehead atoms. The molecular weight excluding hydrogens is 314 g/mol. The summed E-state index contributed by atoms with van der Waals surface area (Å²) in [5.74, 6) is 6.70. The van der Waals surface area contributed by atoms with Gasteiger partial charge in [0.05, 0.1) is 29.5 Å². The van der Waals surface area contributed by atoms with E-state index in [2.05, 4.69) is 22.1 Å². The van der Waals surface area contributed by atoms with Gasteiger partial charge in [-0.25, -0.2) is 9.78 Å². The lowest BCUT2D eigenvalue weighted by atomic mass is 10.1. The molecule has 1 fully saturated rings. The SMILES string of the molecule is CC#CC1C(CO)NC(=O)N1c1nc2c3c(ccc2s1)OCC3. The van der Waals surface area contributed by atoms with Crippen LogP contribution in [-0.4, -0.2) is 41.4 Å². The minimum atomic E-state index is -0.414. The summed E-state index contributed by atoms with van der Waals surface area (Å²) in [6, 6.07) is 2.83. The van der Waals surface area contributed by atoms with Gasteiger partial charge < -0.3 is 15.2 Å². The summed E-state index contributed by atoms with van der Waals surface area (Å²) in [5, 5.41) is 12.8. The average Bonchev–Trinajstić information content (AvgIpc) is 3.22. The van der Waals surface area contributed by atoms with Crippen LogP contribution in [0.25, 0.3) is 10.2 Å². The predicted molar refractivity (Wildman–Crippen MR) is 87.9 cm³/mol. The highest BCUT2D eigenvalue weighted by Crippen LogP contribution is 2.38. The van der Waals surface area contributed by atoms with Gasteiger partial charge in [0.15, 0.2) is 5.13 Å². The smallest absolute Gasteiger partial charge is 0.325 e. The monoisotopic (exact) mass is 329 g/mol. The molecule has 0 radical (unpaired) electrons. The Bertz CT molecular complexity index is 851. The summed E-state index contributed by atoms with van der Waals surface area (Å²) >= 11 is 1.46. The van der Waals surface area contributed by atoms with Crippen LogP contribution in [0.3, 0.4) is 0 Å². The van der Waals surface area contributed by atoms with E-state index in [4.69, 9.17) is 4.74 Å². The number of urea groups is 1. The Morgan fingerprint density at radius 1 is 1.57 bits per heavy atom. The van der Waals surface area contributed by atoms with Crippen molar-refractivity contribution in [2.24, 2.45) is 0 Å². The summed E-state index contributed by atoms with van der Waals surface area (Å²) in [7, 11) is 0. The molecule has 1 aromatic heterocycles. The Hall–Kier alpha value is -2.30. The Labute approximate surface area is 137 Å². The maximum Gasteiger partial charge on any atom is 0.325 e. The number of aliphatic hydroxyl groups is 1. The zero-order valence-corrected chi connectivity index (χ0v) is 13.3. The lowest BCUT2D eigenvalue weighted by Crippen LogP contribution is -2.37. The van der Waals surface area contributed by atoms with Crippen molar-refractivity contribution in [3.8, 4) is 17.6 Å². The predicted octanol–water partition coefficient (Wildman–Crippen LogP) is 1.51. The number of rotatable bonds is 2. The van der Waals surface area contributed by atoms with Gasteiger partial charge in [0.25, 0.3) is 0 Å². The second-order valence-electron chi connectivity index (χ2n) is 5.43. The third-order valence-electron chi connectivity index (χ3n) is 4.10. The number of hydrogen-bond donors (Lipinski definition) is 2. The van der Waals surface area contributed by atoms with Crippen molar-refractivity contribution >= 4 is 32.7 Å². The topological polar surface area (TPSA) is 74.7 Å². The van der Waals surface area contributed by atoms with E-state index in [0.717, 1.165) is 28.0 Å². The number of nitrogens with zero attached hydrogens (tertiary/aromatic N) is 2. The second-order valence-corrected chi connectivity index (χ2v) is 6.44. The van der Waals surface area contributed by atoms with Gasteiger partial charge in [-0.2, -0.15) is 0 Å². The van der Waals surface area contributed by atoms with Crippen molar-refractivity contribution in [2.75, 3.05) is 18.1 Å². The molecule has 2 N–H and O–H groups in total. The molecule has 2 atom stereocenters. The van der Waals surface area contributed by atoms with E-state index in [1.54, 1.807) is 11.8 Å². The van der Waals surface area contributed by atoms with Crippen LogP contribution < -0.4 is 15.0 Å². The molecule has 6 nitrogen and oxygen atoms in total. The first-order chi connectivity index (χ1) is 11.2. The van der Waals surface area contributed by atoms with E-state index in [0.29, 0.717) is 11.7 Å². The third kappa shape index (κ3) is 2.14. The molecule has 0 spiro atoms. The van der Waals surface area contributed by atoms with Crippen LogP contribution in [0.5, 0.6) is 5.75 Å². The molecule has 0 saturated carbocycles. The lowest BCUT2D eigenvalue weighted by Gasteiger charge is -2.18. The molecule has 2 amide bonds. The maximum atomic E-state index is 12.3. The number of carbonyl (C=O) groups excluding carboxylic acids is 1. The first-order valence-electron chi connectivity index (χ1n) is 7.41. The van der Waals surface area contributed by atoms with E-state index in [-0.39, 0.29) is 12.6 Å². The number of fused-ring (bicyclic) bond motifs is 3. The molecule has 7 heteroatoms. The van der Waals surface area contributed by atoms with Gasteiger partial charge in [-0.3, -0.25) is 4.90 Å². The summed E-state index contributed by atoms with van der Waals surface area (Å²) in [6.45, 7) is 2.23. The number of ether oxygens (including phenoxy) is 1. The average molecular weight is 329 g/mol. The number of benzene rings is 1. The molecule has 23 heavy (non-hydrogen) atoms. The maximum absolute atomic E-state index is 12.3. The summed E-state index contributed by atoms with van der Waals surface area (Å²) in [4.78, 5) is 18.5. The Kier molecular flexibility index (Phi) is 3.36. The van der Waals surface area contributed by atoms with E-state index < -0.39 is 12.1 Å². The highest BCUT2D eigenvalue weighted by atomic mass is 32.1. The summed E-state index contributed by atoms with van der Waals surface area (Å²) in [5.41, 5.74) is 1.99.